The lowest BCUT2D eigenvalue weighted by molar-refractivity contribution is -1.19. The zero-order valence-corrected chi connectivity index (χ0v) is 14.5. The summed E-state index contributed by atoms with van der Waals surface area (Å²) in [5, 5.41) is 10.8. The number of hydrogen-bond donors (Lipinski definition) is 3. The SMILES string of the molecule is COc1ccc(C2[NH+]3CC4(C)C[NH+]2CC(C)(C3)C4O)cc1OC. The molecule has 4 aliphatic rings. The van der Waals surface area contributed by atoms with Gasteiger partial charge in [0.15, 0.2) is 11.5 Å². The van der Waals surface area contributed by atoms with Crippen LogP contribution in [0.25, 0.3) is 0 Å². The van der Waals surface area contributed by atoms with Gasteiger partial charge in [-0.2, -0.15) is 0 Å². The van der Waals surface area contributed by atoms with Crippen LogP contribution in [0.15, 0.2) is 18.2 Å². The Morgan fingerprint density at radius 3 is 1.96 bits per heavy atom. The van der Waals surface area contributed by atoms with E-state index in [0.29, 0.717) is 6.17 Å². The first-order valence-corrected chi connectivity index (χ1v) is 8.49. The van der Waals surface area contributed by atoms with E-state index in [1.807, 2.05) is 6.07 Å². The Labute approximate surface area is 137 Å². The van der Waals surface area contributed by atoms with Crippen LogP contribution >= 0.6 is 0 Å². The molecular formula is C18H28N2O3+2. The topological polar surface area (TPSA) is 47.6 Å². The molecule has 5 rings (SSSR count). The van der Waals surface area contributed by atoms with Gasteiger partial charge in [0.05, 0.1) is 62.9 Å². The van der Waals surface area contributed by atoms with E-state index in [2.05, 4.69) is 26.0 Å². The number of aliphatic hydroxyl groups excluding tert-OH is 1. The second kappa shape index (κ2) is 4.85. The molecule has 126 valence electrons. The quantitative estimate of drug-likeness (QED) is 0.662. The molecule has 4 heterocycles. The molecule has 0 unspecified atom stereocenters. The van der Waals surface area contributed by atoms with Gasteiger partial charge in [-0.3, -0.25) is 9.80 Å². The Kier molecular flexibility index (Phi) is 3.21. The number of quaternary nitrogens is 2. The Hall–Kier alpha value is -1.30. The van der Waals surface area contributed by atoms with E-state index < -0.39 is 0 Å². The number of piperidine rings is 2. The first-order chi connectivity index (χ1) is 10.9. The minimum atomic E-state index is -0.172. The zero-order chi connectivity index (χ0) is 16.4. The third-order valence-corrected chi connectivity index (χ3v) is 6.40. The molecule has 3 N–H and O–H groups in total. The predicted octanol–water partition coefficient (Wildman–Crippen LogP) is -1.11. The second-order valence-corrected chi connectivity index (χ2v) is 8.28. The summed E-state index contributed by atoms with van der Waals surface area (Å²) < 4.78 is 10.9. The zero-order valence-electron chi connectivity index (χ0n) is 14.5. The van der Waals surface area contributed by atoms with E-state index in [4.69, 9.17) is 9.47 Å². The van der Waals surface area contributed by atoms with Gasteiger partial charge in [0.2, 0.25) is 6.17 Å². The van der Waals surface area contributed by atoms with Gasteiger partial charge in [-0.05, 0) is 32.0 Å². The molecule has 0 atom stereocenters. The molecule has 5 nitrogen and oxygen atoms in total. The highest BCUT2D eigenvalue weighted by Gasteiger charge is 2.68. The van der Waals surface area contributed by atoms with Crippen LogP contribution in [0.5, 0.6) is 11.5 Å². The van der Waals surface area contributed by atoms with Gasteiger partial charge in [-0.1, -0.05) is 0 Å². The highest BCUT2D eigenvalue weighted by atomic mass is 16.5. The summed E-state index contributed by atoms with van der Waals surface area (Å²) in [5.74, 6) is 1.59. The lowest BCUT2D eigenvalue weighted by Gasteiger charge is -2.62. The molecule has 0 amide bonds. The van der Waals surface area contributed by atoms with Gasteiger partial charge in [0.25, 0.3) is 0 Å². The van der Waals surface area contributed by atoms with Crippen molar-refractivity contribution in [1.82, 2.24) is 0 Å². The standard InChI is InChI=1S/C18H26N2O3/c1-17-8-19-10-18(2,16(17)21)11-20(9-17)15(19)12-5-6-13(22-3)14(7-12)23-4/h5-7,15-16,21H,8-11H2,1-4H3/p+2. The predicted molar refractivity (Wildman–Crippen MR) is 85.9 cm³/mol. The fourth-order valence-corrected chi connectivity index (χ4v) is 5.75. The van der Waals surface area contributed by atoms with Crippen LogP contribution in [0.2, 0.25) is 0 Å². The first-order valence-electron chi connectivity index (χ1n) is 8.49. The van der Waals surface area contributed by atoms with Crippen molar-refractivity contribution in [3.63, 3.8) is 0 Å². The largest absolute Gasteiger partial charge is 0.493 e. The van der Waals surface area contributed by atoms with Gasteiger partial charge in [0, 0.05) is 0 Å². The van der Waals surface area contributed by atoms with Crippen molar-refractivity contribution in [2.75, 3.05) is 40.4 Å². The van der Waals surface area contributed by atoms with E-state index in [-0.39, 0.29) is 16.9 Å². The van der Waals surface area contributed by atoms with Gasteiger partial charge in [-0.25, -0.2) is 0 Å². The molecule has 1 aromatic rings. The third kappa shape index (κ3) is 2.03. The van der Waals surface area contributed by atoms with E-state index >= 15 is 0 Å². The second-order valence-electron chi connectivity index (χ2n) is 8.28. The van der Waals surface area contributed by atoms with Crippen molar-refractivity contribution in [3.05, 3.63) is 23.8 Å². The molecule has 0 aromatic heterocycles. The summed E-state index contributed by atoms with van der Waals surface area (Å²) in [4.78, 5) is 3.19. The highest BCUT2D eigenvalue weighted by Crippen LogP contribution is 2.40. The lowest BCUT2D eigenvalue weighted by atomic mass is 9.60. The normalized spacial score (nSPS) is 44.4. The average Bonchev–Trinajstić information content (AvgIpc) is 2.51. The average molecular weight is 320 g/mol. The molecule has 4 bridgehead atoms. The number of benzene rings is 1. The van der Waals surface area contributed by atoms with Crippen LogP contribution in [-0.4, -0.2) is 51.6 Å². The molecule has 5 heteroatoms. The molecular weight excluding hydrogens is 292 g/mol. The molecule has 23 heavy (non-hydrogen) atoms. The monoisotopic (exact) mass is 320 g/mol. The Balaban J connectivity index is 1.70. The van der Waals surface area contributed by atoms with Gasteiger partial charge in [0.1, 0.15) is 0 Å². The number of rotatable bonds is 3. The van der Waals surface area contributed by atoms with E-state index in [0.717, 1.165) is 37.7 Å². The van der Waals surface area contributed by atoms with Gasteiger partial charge >= 0.3 is 0 Å². The fraction of sp³-hybridized carbons (Fsp3) is 0.667. The highest BCUT2D eigenvalue weighted by molar-refractivity contribution is 5.43. The fourth-order valence-electron chi connectivity index (χ4n) is 5.75. The maximum Gasteiger partial charge on any atom is 0.240 e. The molecule has 0 radical (unpaired) electrons. The molecule has 0 aliphatic carbocycles. The van der Waals surface area contributed by atoms with Crippen LogP contribution in [0.3, 0.4) is 0 Å². The summed E-state index contributed by atoms with van der Waals surface area (Å²) in [6.45, 7) is 8.72. The molecule has 4 saturated heterocycles. The lowest BCUT2D eigenvalue weighted by Crippen LogP contribution is -3.41. The molecule has 0 spiro atoms. The number of aliphatic hydroxyl groups is 1. The first kappa shape index (κ1) is 15.2. The van der Waals surface area contributed by atoms with E-state index in [9.17, 15) is 5.11 Å². The van der Waals surface area contributed by atoms with Crippen LogP contribution in [-0.2, 0) is 0 Å². The molecule has 4 aliphatic heterocycles. The number of ether oxygens (including phenoxy) is 2. The Morgan fingerprint density at radius 1 is 0.957 bits per heavy atom. The van der Waals surface area contributed by atoms with Gasteiger partial charge < -0.3 is 14.6 Å². The maximum atomic E-state index is 10.8. The van der Waals surface area contributed by atoms with Crippen molar-refractivity contribution in [3.8, 4) is 11.5 Å². The summed E-state index contributed by atoms with van der Waals surface area (Å²) in [5.41, 5.74) is 1.40. The maximum absolute atomic E-state index is 10.8. The minimum absolute atomic E-state index is 0.0446. The van der Waals surface area contributed by atoms with Crippen molar-refractivity contribution in [2.45, 2.75) is 26.1 Å². The Morgan fingerprint density at radius 2 is 1.48 bits per heavy atom. The van der Waals surface area contributed by atoms with Crippen LogP contribution in [0.1, 0.15) is 25.6 Å². The summed E-state index contributed by atoms with van der Waals surface area (Å²) in [6.07, 6.45) is 0.261. The van der Waals surface area contributed by atoms with E-state index in [1.165, 1.54) is 5.56 Å². The van der Waals surface area contributed by atoms with Crippen LogP contribution < -0.4 is 19.3 Å². The number of methoxy groups -OCH3 is 2. The van der Waals surface area contributed by atoms with Crippen LogP contribution in [0, 0.1) is 10.8 Å². The summed E-state index contributed by atoms with van der Waals surface area (Å²) in [6, 6.07) is 6.32. The third-order valence-electron chi connectivity index (χ3n) is 6.40. The van der Waals surface area contributed by atoms with E-state index in [1.54, 1.807) is 24.0 Å². The Bertz CT molecular complexity index is 595. The summed E-state index contributed by atoms with van der Waals surface area (Å²) >= 11 is 0. The minimum Gasteiger partial charge on any atom is -0.493 e. The summed E-state index contributed by atoms with van der Waals surface area (Å²) in [7, 11) is 3.37. The van der Waals surface area contributed by atoms with Crippen molar-refractivity contribution < 1.29 is 24.4 Å². The van der Waals surface area contributed by atoms with Crippen LogP contribution in [0.4, 0.5) is 0 Å². The van der Waals surface area contributed by atoms with Crippen molar-refractivity contribution >= 4 is 0 Å². The van der Waals surface area contributed by atoms with Gasteiger partial charge in [-0.15, -0.1) is 0 Å². The molecule has 1 aromatic carbocycles. The molecule has 4 fully saturated rings. The smallest absolute Gasteiger partial charge is 0.240 e. The van der Waals surface area contributed by atoms with Crippen molar-refractivity contribution in [2.24, 2.45) is 10.8 Å². The molecule has 0 saturated carbocycles. The number of nitrogens with one attached hydrogen (secondary N) is 2. The number of hydrogen-bond acceptors (Lipinski definition) is 3. The van der Waals surface area contributed by atoms with Crippen molar-refractivity contribution in [1.29, 1.82) is 0 Å².